The molecule has 2 atom stereocenters. The quantitative estimate of drug-likeness (QED) is 0.698. The SMILES string of the molecule is Nc1nc2c(ncn2C2CCC(C=O)O2)c(=O)[nH]1. The van der Waals surface area contributed by atoms with E-state index in [1.807, 2.05) is 0 Å². The third kappa shape index (κ3) is 1.58. The van der Waals surface area contributed by atoms with Crippen LogP contribution in [0.2, 0.25) is 0 Å². The van der Waals surface area contributed by atoms with E-state index in [0.29, 0.717) is 18.5 Å². The molecule has 0 bridgehead atoms. The summed E-state index contributed by atoms with van der Waals surface area (Å²) in [6.07, 6.45) is 2.82. The van der Waals surface area contributed by atoms with E-state index in [1.165, 1.54) is 6.33 Å². The number of aldehydes is 1. The van der Waals surface area contributed by atoms with Crippen LogP contribution in [0.5, 0.6) is 0 Å². The average Bonchev–Trinajstić information content (AvgIpc) is 2.93. The van der Waals surface area contributed by atoms with E-state index in [4.69, 9.17) is 10.5 Å². The molecule has 18 heavy (non-hydrogen) atoms. The lowest BCUT2D eigenvalue weighted by atomic mass is 10.2. The standard InChI is InChI=1S/C10H11N5O3/c11-10-13-8-7(9(17)14-10)12-4-15(8)6-2-1-5(3-16)18-6/h3-6H,1-2H2,(H3,11,13,14,17). The molecule has 8 heteroatoms. The number of ether oxygens (including phenoxy) is 1. The lowest BCUT2D eigenvalue weighted by Gasteiger charge is -2.12. The molecule has 1 aliphatic rings. The van der Waals surface area contributed by atoms with Gasteiger partial charge in [0.05, 0.1) is 6.33 Å². The van der Waals surface area contributed by atoms with Crippen LogP contribution < -0.4 is 11.3 Å². The van der Waals surface area contributed by atoms with Crippen LogP contribution in [0.4, 0.5) is 5.95 Å². The summed E-state index contributed by atoms with van der Waals surface area (Å²) in [5.41, 5.74) is 5.69. The summed E-state index contributed by atoms with van der Waals surface area (Å²) in [5.74, 6) is 0.0270. The van der Waals surface area contributed by atoms with Crippen molar-refractivity contribution in [2.24, 2.45) is 0 Å². The van der Waals surface area contributed by atoms with Crippen LogP contribution in [0.3, 0.4) is 0 Å². The Morgan fingerprint density at radius 1 is 1.56 bits per heavy atom. The number of imidazole rings is 1. The largest absolute Gasteiger partial charge is 0.369 e. The van der Waals surface area contributed by atoms with Crippen molar-refractivity contribution in [1.82, 2.24) is 19.5 Å². The molecule has 0 amide bonds. The van der Waals surface area contributed by atoms with Crippen molar-refractivity contribution >= 4 is 23.4 Å². The van der Waals surface area contributed by atoms with Gasteiger partial charge >= 0.3 is 0 Å². The minimum Gasteiger partial charge on any atom is -0.369 e. The fourth-order valence-electron chi connectivity index (χ4n) is 2.10. The molecule has 8 nitrogen and oxygen atoms in total. The Bertz CT molecular complexity index is 661. The van der Waals surface area contributed by atoms with Crippen molar-refractivity contribution in [2.45, 2.75) is 25.2 Å². The molecule has 2 aromatic heterocycles. The number of carbonyl (C=O) groups is 1. The number of fused-ring (bicyclic) bond motifs is 1. The number of carbonyl (C=O) groups excluding carboxylic acids is 1. The van der Waals surface area contributed by atoms with E-state index < -0.39 is 6.10 Å². The summed E-state index contributed by atoms with van der Waals surface area (Å²) >= 11 is 0. The number of hydrogen-bond acceptors (Lipinski definition) is 6. The summed E-state index contributed by atoms with van der Waals surface area (Å²) < 4.78 is 7.13. The van der Waals surface area contributed by atoms with Gasteiger partial charge < -0.3 is 15.3 Å². The zero-order chi connectivity index (χ0) is 12.7. The van der Waals surface area contributed by atoms with Gasteiger partial charge in [0.25, 0.3) is 5.56 Å². The van der Waals surface area contributed by atoms with Gasteiger partial charge in [-0.2, -0.15) is 4.98 Å². The molecule has 1 aliphatic heterocycles. The molecule has 3 rings (SSSR count). The number of aromatic nitrogens is 4. The summed E-state index contributed by atoms with van der Waals surface area (Å²) in [5, 5.41) is 0. The highest BCUT2D eigenvalue weighted by Gasteiger charge is 2.27. The summed E-state index contributed by atoms with van der Waals surface area (Å²) in [6.45, 7) is 0. The van der Waals surface area contributed by atoms with Crippen LogP contribution >= 0.6 is 0 Å². The first-order valence-corrected chi connectivity index (χ1v) is 5.52. The van der Waals surface area contributed by atoms with E-state index in [1.54, 1.807) is 4.57 Å². The summed E-state index contributed by atoms with van der Waals surface area (Å²) in [7, 11) is 0. The second-order valence-electron chi connectivity index (χ2n) is 4.12. The number of nitrogen functional groups attached to an aromatic ring is 1. The maximum absolute atomic E-state index is 11.6. The first-order valence-electron chi connectivity index (χ1n) is 5.52. The van der Waals surface area contributed by atoms with Gasteiger partial charge in [-0.15, -0.1) is 0 Å². The Hall–Kier alpha value is -2.22. The molecule has 0 aromatic carbocycles. The number of nitrogens with two attached hydrogens (primary N) is 1. The molecule has 94 valence electrons. The summed E-state index contributed by atoms with van der Waals surface area (Å²) in [4.78, 5) is 32.7. The van der Waals surface area contributed by atoms with Gasteiger partial charge in [-0.3, -0.25) is 14.3 Å². The Balaban J connectivity index is 2.08. The number of nitrogens with one attached hydrogen (secondary N) is 1. The second kappa shape index (κ2) is 3.91. The smallest absolute Gasteiger partial charge is 0.280 e. The normalized spacial score (nSPS) is 23.6. The number of nitrogens with zero attached hydrogens (tertiary/aromatic N) is 3. The zero-order valence-corrected chi connectivity index (χ0v) is 9.37. The maximum Gasteiger partial charge on any atom is 0.280 e. The van der Waals surface area contributed by atoms with Gasteiger partial charge in [-0.05, 0) is 12.8 Å². The molecule has 1 fully saturated rings. The Morgan fingerprint density at radius 3 is 3.11 bits per heavy atom. The molecule has 3 heterocycles. The van der Waals surface area contributed by atoms with E-state index in [9.17, 15) is 9.59 Å². The van der Waals surface area contributed by atoms with Crippen molar-refractivity contribution in [3.63, 3.8) is 0 Å². The van der Waals surface area contributed by atoms with E-state index in [-0.39, 0.29) is 23.3 Å². The van der Waals surface area contributed by atoms with E-state index in [2.05, 4.69) is 15.0 Å². The Labute approximate surface area is 101 Å². The first-order chi connectivity index (χ1) is 8.69. The number of rotatable bonds is 2. The molecule has 2 aromatic rings. The molecule has 1 saturated heterocycles. The molecular formula is C10H11N5O3. The molecule has 2 unspecified atom stereocenters. The number of hydrogen-bond donors (Lipinski definition) is 2. The zero-order valence-electron chi connectivity index (χ0n) is 9.37. The van der Waals surface area contributed by atoms with E-state index in [0.717, 1.165) is 6.29 Å². The number of anilines is 1. The van der Waals surface area contributed by atoms with Crippen molar-refractivity contribution in [1.29, 1.82) is 0 Å². The highest BCUT2D eigenvalue weighted by Crippen LogP contribution is 2.28. The monoisotopic (exact) mass is 249 g/mol. The van der Waals surface area contributed by atoms with Crippen LogP contribution in [0.15, 0.2) is 11.1 Å². The number of aromatic amines is 1. The summed E-state index contributed by atoms with van der Waals surface area (Å²) in [6, 6.07) is 0. The van der Waals surface area contributed by atoms with Gasteiger partial charge in [0.1, 0.15) is 18.6 Å². The van der Waals surface area contributed by atoms with Crippen LogP contribution in [0.1, 0.15) is 19.1 Å². The molecule has 0 aliphatic carbocycles. The van der Waals surface area contributed by atoms with Gasteiger partial charge in [-0.25, -0.2) is 4.98 Å². The van der Waals surface area contributed by atoms with Crippen molar-refractivity contribution in [3.8, 4) is 0 Å². The van der Waals surface area contributed by atoms with Gasteiger partial charge in [0.15, 0.2) is 11.2 Å². The number of H-pyrrole nitrogens is 1. The van der Waals surface area contributed by atoms with Crippen LogP contribution in [0.25, 0.3) is 11.2 Å². The maximum atomic E-state index is 11.6. The average molecular weight is 249 g/mol. The molecule has 0 spiro atoms. The van der Waals surface area contributed by atoms with Crippen molar-refractivity contribution < 1.29 is 9.53 Å². The topological polar surface area (TPSA) is 116 Å². The fraction of sp³-hybridized carbons (Fsp3) is 0.400. The van der Waals surface area contributed by atoms with Crippen LogP contribution in [-0.2, 0) is 9.53 Å². The van der Waals surface area contributed by atoms with Gasteiger partial charge in [0, 0.05) is 0 Å². The minimum atomic E-state index is -0.410. The lowest BCUT2D eigenvalue weighted by Crippen LogP contribution is -2.15. The minimum absolute atomic E-state index is 0.0270. The van der Waals surface area contributed by atoms with Gasteiger partial charge in [0.2, 0.25) is 5.95 Å². The fourth-order valence-corrected chi connectivity index (χ4v) is 2.10. The predicted octanol–water partition coefficient (Wildman–Crippen LogP) is -0.422. The lowest BCUT2D eigenvalue weighted by molar-refractivity contribution is -0.119. The molecule has 0 radical (unpaired) electrons. The first kappa shape index (κ1) is 10.9. The highest BCUT2D eigenvalue weighted by atomic mass is 16.5. The van der Waals surface area contributed by atoms with E-state index >= 15 is 0 Å². The molecule has 3 N–H and O–H groups in total. The van der Waals surface area contributed by atoms with Crippen molar-refractivity contribution in [2.75, 3.05) is 5.73 Å². The third-order valence-corrected chi connectivity index (χ3v) is 2.94. The third-order valence-electron chi connectivity index (χ3n) is 2.94. The molecule has 0 saturated carbocycles. The Kier molecular flexibility index (Phi) is 2.37. The second-order valence-corrected chi connectivity index (χ2v) is 4.12. The van der Waals surface area contributed by atoms with Gasteiger partial charge in [-0.1, -0.05) is 0 Å². The van der Waals surface area contributed by atoms with Crippen LogP contribution in [0, 0.1) is 0 Å². The van der Waals surface area contributed by atoms with Crippen LogP contribution in [-0.4, -0.2) is 31.9 Å². The highest BCUT2D eigenvalue weighted by molar-refractivity contribution is 5.70. The predicted molar refractivity (Wildman–Crippen MR) is 61.8 cm³/mol. The molecular weight excluding hydrogens is 238 g/mol. The van der Waals surface area contributed by atoms with Crippen molar-refractivity contribution in [3.05, 3.63) is 16.7 Å². The Morgan fingerprint density at radius 2 is 2.39 bits per heavy atom.